The average Bonchev–Trinajstić information content (AvgIpc) is 2.92. The first-order valence-corrected chi connectivity index (χ1v) is 9.42. The molecule has 0 radical (unpaired) electrons. The van der Waals surface area contributed by atoms with Crippen LogP contribution < -0.4 is 10.6 Å². The predicted octanol–water partition coefficient (Wildman–Crippen LogP) is 2.13. The van der Waals surface area contributed by atoms with E-state index < -0.39 is 0 Å². The van der Waals surface area contributed by atoms with E-state index in [9.17, 15) is 4.79 Å². The van der Waals surface area contributed by atoms with Gasteiger partial charge in [-0.1, -0.05) is 0 Å². The molecular formula is C18H25N5OS. The zero-order valence-corrected chi connectivity index (χ0v) is 15.8. The number of nitrogens with one attached hydrogen (secondary N) is 2. The summed E-state index contributed by atoms with van der Waals surface area (Å²) in [5.74, 6) is -0.0777. The maximum absolute atomic E-state index is 11.1. The lowest BCUT2D eigenvalue weighted by Crippen LogP contribution is -2.51. The minimum atomic E-state index is -0.0777. The zero-order chi connectivity index (χ0) is 17.8. The fourth-order valence-electron chi connectivity index (χ4n) is 3.31. The van der Waals surface area contributed by atoms with E-state index in [0.717, 1.165) is 44.0 Å². The predicted molar refractivity (Wildman–Crippen MR) is 101 cm³/mol. The van der Waals surface area contributed by atoms with E-state index in [4.69, 9.17) is 0 Å². The Hall–Kier alpha value is -1.83. The summed E-state index contributed by atoms with van der Waals surface area (Å²) >= 11 is 1.55. The van der Waals surface area contributed by atoms with E-state index in [0.29, 0.717) is 11.2 Å². The lowest BCUT2D eigenvalue weighted by molar-refractivity contribution is -0.114. The molecule has 2 N–H and O–H groups in total. The Morgan fingerprint density at radius 1 is 1.40 bits per heavy atom. The molecular weight excluding hydrogens is 334 g/mol. The number of pyridine rings is 1. The van der Waals surface area contributed by atoms with Gasteiger partial charge in [-0.05, 0) is 38.0 Å². The fourth-order valence-corrected chi connectivity index (χ4v) is 4.21. The molecule has 0 aliphatic carbocycles. The van der Waals surface area contributed by atoms with Crippen LogP contribution in [0.3, 0.4) is 0 Å². The summed E-state index contributed by atoms with van der Waals surface area (Å²) < 4.78 is 0. The van der Waals surface area contributed by atoms with Gasteiger partial charge in [0.1, 0.15) is 0 Å². The molecule has 3 heterocycles. The molecule has 1 amide bonds. The van der Waals surface area contributed by atoms with Crippen molar-refractivity contribution >= 4 is 22.4 Å². The van der Waals surface area contributed by atoms with Crippen LogP contribution in [0.1, 0.15) is 28.8 Å². The summed E-state index contributed by atoms with van der Waals surface area (Å²) in [6, 6.07) is 4.80. The second-order valence-electron chi connectivity index (χ2n) is 6.66. The number of amides is 1. The minimum Gasteiger partial charge on any atom is -0.311 e. The highest BCUT2D eigenvalue weighted by Crippen LogP contribution is 2.20. The van der Waals surface area contributed by atoms with Gasteiger partial charge in [-0.2, -0.15) is 0 Å². The van der Waals surface area contributed by atoms with Crippen LogP contribution in [0.15, 0.2) is 18.3 Å². The van der Waals surface area contributed by atoms with Crippen molar-refractivity contribution in [2.75, 3.05) is 25.0 Å². The second kappa shape index (κ2) is 8.03. The van der Waals surface area contributed by atoms with Crippen LogP contribution in [0.5, 0.6) is 0 Å². The van der Waals surface area contributed by atoms with Crippen molar-refractivity contribution in [3.63, 3.8) is 0 Å². The molecule has 1 atom stereocenters. The number of carbonyl (C=O) groups is 1. The number of carbonyl (C=O) groups excluding carboxylic acids is 1. The number of hydrogen-bond acceptors (Lipinski definition) is 6. The summed E-state index contributed by atoms with van der Waals surface area (Å²) in [6.45, 7) is 9.51. The van der Waals surface area contributed by atoms with Gasteiger partial charge in [0, 0.05) is 61.6 Å². The van der Waals surface area contributed by atoms with E-state index in [1.165, 1.54) is 17.4 Å². The van der Waals surface area contributed by atoms with Gasteiger partial charge >= 0.3 is 0 Å². The van der Waals surface area contributed by atoms with E-state index in [-0.39, 0.29) is 5.91 Å². The van der Waals surface area contributed by atoms with Gasteiger partial charge in [0.15, 0.2) is 5.13 Å². The summed E-state index contributed by atoms with van der Waals surface area (Å²) in [4.78, 5) is 23.5. The molecule has 1 unspecified atom stereocenters. The maximum Gasteiger partial charge on any atom is 0.223 e. The minimum absolute atomic E-state index is 0.0777. The molecule has 1 fully saturated rings. The van der Waals surface area contributed by atoms with Crippen molar-refractivity contribution in [3.05, 3.63) is 40.2 Å². The Balaban J connectivity index is 1.57. The molecule has 1 saturated heterocycles. The molecule has 7 heteroatoms. The highest BCUT2D eigenvalue weighted by Gasteiger charge is 2.20. The number of piperazine rings is 1. The van der Waals surface area contributed by atoms with E-state index in [1.807, 2.05) is 20.0 Å². The summed E-state index contributed by atoms with van der Waals surface area (Å²) in [6.07, 6.45) is 2.88. The van der Waals surface area contributed by atoms with Gasteiger partial charge in [0.05, 0.1) is 0 Å². The van der Waals surface area contributed by atoms with Crippen molar-refractivity contribution in [1.82, 2.24) is 20.2 Å². The van der Waals surface area contributed by atoms with Crippen LogP contribution in [0.2, 0.25) is 0 Å². The molecule has 0 aromatic carbocycles. The zero-order valence-electron chi connectivity index (χ0n) is 15.0. The number of thiazole rings is 1. The van der Waals surface area contributed by atoms with E-state index >= 15 is 0 Å². The highest BCUT2D eigenvalue weighted by atomic mass is 32.1. The molecule has 0 spiro atoms. The number of aryl methyl sites for hydroxylation is 2. The Bertz CT molecular complexity index is 725. The summed E-state index contributed by atoms with van der Waals surface area (Å²) in [5.41, 5.74) is 3.51. The first kappa shape index (κ1) is 18.0. The number of aromatic nitrogens is 2. The quantitative estimate of drug-likeness (QED) is 0.856. The van der Waals surface area contributed by atoms with Crippen LogP contribution in [0, 0.1) is 13.8 Å². The van der Waals surface area contributed by atoms with Crippen LogP contribution in [-0.2, 0) is 17.8 Å². The smallest absolute Gasteiger partial charge is 0.223 e. The van der Waals surface area contributed by atoms with E-state index in [1.54, 1.807) is 11.3 Å². The van der Waals surface area contributed by atoms with Crippen molar-refractivity contribution in [1.29, 1.82) is 0 Å². The molecule has 134 valence electrons. The monoisotopic (exact) mass is 359 g/mol. The van der Waals surface area contributed by atoms with Gasteiger partial charge in [-0.15, -0.1) is 11.3 Å². The topological polar surface area (TPSA) is 70.2 Å². The maximum atomic E-state index is 11.1. The van der Waals surface area contributed by atoms with E-state index in [2.05, 4.69) is 37.6 Å². The number of nitrogens with zero attached hydrogens (tertiary/aromatic N) is 3. The Morgan fingerprint density at radius 3 is 2.88 bits per heavy atom. The molecule has 2 aromatic heterocycles. The number of hydrogen-bond donors (Lipinski definition) is 2. The molecule has 3 rings (SSSR count). The van der Waals surface area contributed by atoms with Crippen molar-refractivity contribution < 1.29 is 4.79 Å². The third-order valence-corrected chi connectivity index (χ3v) is 5.08. The van der Waals surface area contributed by atoms with Crippen molar-refractivity contribution in [2.24, 2.45) is 0 Å². The molecule has 1 aliphatic heterocycles. The highest BCUT2D eigenvalue weighted by molar-refractivity contribution is 7.15. The van der Waals surface area contributed by atoms with Gasteiger partial charge in [-0.3, -0.25) is 14.7 Å². The number of rotatable bonds is 5. The third-order valence-electron chi connectivity index (χ3n) is 4.18. The summed E-state index contributed by atoms with van der Waals surface area (Å²) in [7, 11) is 0. The van der Waals surface area contributed by atoms with Crippen LogP contribution in [0.4, 0.5) is 5.13 Å². The van der Waals surface area contributed by atoms with Gasteiger partial charge in [0.25, 0.3) is 0 Å². The summed E-state index contributed by atoms with van der Waals surface area (Å²) in [5, 5.41) is 7.05. The molecule has 0 saturated carbocycles. The number of anilines is 1. The van der Waals surface area contributed by atoms with Gasteiger partial charge in [0.2, 0.25) is 5.91 Å². The molecule has 25 heavy (non-hydrogen) atoms. The van der Waals surface area contributed by atoms with Crippen LogP contribution >= 0.6 is 11.3 Å². The van der Waals surface area contributed by atoms with Gasteiger partial charge < -0.3 is 10.6 Å². The molecule has 0 bridgehead atoms. The molecule has 1 aliphatic rings. The fraction of sp³-hybridized carbons (Fsp3) is 0.500. The lowest BCUT2D eigenvalue weighted by atomic mass is 10.0. The van der Waals surface area contributed by atoms with Crippen molar-refractivity contribution in [3.8, 4) is 0 Å². The first-order valence-electron chi connectivity index (χ1n) is 8.60. The van der Waals surface area contributed by atoms with Gasteiger partial charge in [-0.25, -0.2) is 4.98 Å². The third kappa shape index (κ3) is 5.32. The largest absolute Gasteiger partial charge is 0.311 e. The van der Waals surface area contributed by atoms with Crippen molar-refractivity contribution in [2.45, 2.75) is 39.8 Å². The lowest BCUT2D eigenvalue weighted by Gasteiger charge is -2.33. The normalized spacial score (nSPS) is 18.3. The Kier molecular flexibility index (Phi) is 5.78. The van der Waals surface area contributed by atoms with Crippen LogP contribution in [-0.4, -0.2) is 46.5 Å². The Morgan fingerprint density at radius 2 is 2.16 bits per heavy atom. The SMILES string of the molecule is CC(=O)Nc1ncc(CN2CCNC(Cc3cc(C)nc(C)c3)C2)s1. The second-order valence-corrected chi connectivity index (χ2v) is 7.78. The molecule has 2 aromatic rings. The first-order chi connectivity index (χ1) is 12.0. The average molecular weight is 359 g/mol. The standard InChI is InChI=1S/C18H25N5OS/c1-12-6-15(7-13(2)21-12)8-16-10-23(5-4-19-16)11-17-9-20-18(25-17)22-14(3)24/h6-7,9,16,19H,4-5,8,10-11H2,1-3H3,(H,20,22,24). The Labute approximate surface area is 152 Å². The molecule has 6 nitrogen and oxygen atoms in total. The van der Waals surface area contributed by atoms with Crippen LogP contribution in [0.25, 0.3) is 0 Å².